The van der Waals surface area contributed by atoms with Crippen molar-refractivity contribution in [3.8, 4) is 5.75 Å². The molecule has 2 fully saturated rings. The lowest BCUT2D eigenvalue weighted by Crippen LogP contribution is -2.28. The number of hydrogen-bond donors (Lipinski definition) is 2. The SMILES string of the molecule is O=C(O)Oc1ccc([N+](=O)[O-])cc1C1COC2C(O)COC12. The zero-order chi connectivity index (χ0) is 15.9. The van der Waals surface area contributed by atoms with Crippen LogP contribution in [0.15, 0.2) is 18.2 Å². The van der Waals surface area contributed by atoms with Crippen molar-refractivity contribution >= 4 is 11.8 Å². The molecule has 1 aromatic carbocycles. The third-order valence-electron chi connectivity index (χ3n) is 3.83. The molecule has 3 rings (SSSR count). The van der Waals surface area contributed by atoms with Crippen LogP contribution in [0.2, 0.25) is 0 Å². The van der Waals surface area contributed by atoms with Crippen LogP contribution in [-0.2, 0) is 9.47 Å². The highest BCUT2D eigenvalue weighted by Crippen LogP contribution is 2.42. The molecule has 2 aliphatic rings. The van der Waals surface area contributed by atoms with Crippen LogP contribution in [0.3, 0.4) is 0 Å². The molecule has 2 N–H and O–H groups in total. The topological polar surface area (TPSA) is 128 Å². The van der Waals surface area contributed by atoms with E-state index in [1.54, 1.807) is 0 Å². The number of rotatable bonds is 3. The second kappa shape index (κ2) is 5.52. The van der Waals surface area contributed by atoms with Gasteiger partial charge in [-0.2, -0.15) is 0 Å². The van der Waals surface area contributed by atoms with Crippen molar-refractivity contribution in [1.82, 2.24) is 0 Å². The van der Waals surface area contributed by atoms with Crippen molar-refractivity contribution in [1.29, 1.82) is 0 Å². The van der Waals surface area contributed by atoms with Crippen molar-refractivity contribution in [3.63, 3.8) is 0 Å². The molecule has 0 amide bonds. The maximum absolute atomic E-state index is 10.9. The second-order valence-electron chi connectivity index (χ2n) is 5.12. The average molecular weight is 311 g/mol. The molecule has 0 aliphatic carbocycles. The summed E-state index contributed by atoms with van der Waals surface area (Å²) >= 11 is 0. The van der Waals surface area contributed by atoms with Crippen molar-refractivity contribution in [2.24, 2.45) is 0 Å². The monoisotopic (exact) mass is 311 g/mol. The predicted octanol–water partition coefficient (Wildman–Crippen LogP) is 0.894. The number of ether oxygens (including phenoxy) is 3. The van der Waals surface area contributed by atoms with Crippen LogP contribution >= 0.6 is 0 Å². The second-order valence-corrected chi connectivity index (χ2v) is 5.12. The van der Waals surface area contributed by atoms with E-state index in [0.717, 1.165) is 0 Å². The van der Waals surface area contributed by atoms with Gasteiger partial charge in [-0.05, 0) is 6.07 Å². The molecule has 0 saturated carbocycles. The van der Waals surface area contributed by atoms with Gasteiger partial charge in [0.05, 0.1) is 24.2 Å². The molecule has 2 aliphatic heterocycles. The molecule has 118 valence electrons. The molecule has 0 spiro atoms. The summed E-state index contributed by atoms with van der Waals surface area (Å²) in [5.74, 6) is -0.450. The predicted molar refractivity (Wildman–Crippen MR) is 70.0 cm³/mol. The van der Waals surface area contributed by atoms with Crippen LogP contribution in [0.25, 0.3) is 0 Å². The average Bonchev–Trinajstić information content (AvgIpc) is 3.02. The van der Waals surface area contributed by atoms with E-state index in [9.17, 15) is 20.0 Å². The Bertz CT molecular complexity index is 618. The number of carbonyl (C=O) groups is 1. The molecule has 22 heavy (non-hydrogen) atoms. The maximum atomic E-state index is 10.9. The van der Waals surface area contributed by atoms with E-state index in [1.165, 1.54) is 18.2 Å². The van der Waals surface area contributed by atoms with Crippen molar-refractivity contribution in [2.45, 2.75) is 24.2 Å². The van der Waals surface area contributed by atoms with E-state index in [1.807, 2.05) is 0 Å². The number of aliphatic hydroxyl groups excluding tert-OH is 1. The summed E-state index contributed by atoms with van der Waals surface area (Å²) in [5.41, 5.74) is 0.132. The summed E-state index contributed by atoms with van der Waals surface area (Å²) in [6.45, 7) is 0.263. The zero-order valence-corrected chi connectivity index (χ0v) is 11.2. The van der Waals surface area contributed by atoms with Gasteiger partial charge in [-0.1, -0.05) is 0 Å². The number of hydrogen-bond acceptors (Lipinski definition) is 7. The summed E-state index contributed by atoms with van der Waals surface area (Å²) in [6.07, 6.45) is -3.30. The quantitative estimate of drug-likeness (QED) is 0.364. The van der Waals surface area contributed by atoms with Crippen LogP contribution in [-0.4, -0.2) is 52.8 Å². The lowest BCUT2D eigenvalue weighted by atomic mass is 9.92. The zero-order valence-electron chi connectivity index (χ0n) is 11.2. The minimum Gasteiger partial charge on any atom is -0.449 e. The van der Waals surface area contributed by atoms with Crippen molar-refractivity contribution < 1.29 is 34.1 Å². The minimum atomic E-state index is -1.52. The Morgan fingerprint density at radius 2 is 2.05 bits per heavy atom. The largest absolute Gasteiger partial charge is 0.511 e. The number of aliphatic hydroxyl groups is 1. The van der Waals surface area contributed by atoms with Gasteiger partial charge in [0, 0.05) is 23.6 Å². The molecule has 4 atom stereocenters. The highest BCUT2D eigenvalue weighted by atomic mass is 16.7. The number of non-ortho nitro benzene ring substituents is 1. The van der Waals surface area contributed by atoms with Gasteiger partial charge in [0.2, 0.25) is 0 Å². The number of fused-ring (bicyclic) bond motifs is 1. The van der Waals surface area contributed by atoms with Gasteiger partial charge in [-0.15, -0.1) is 0 Å². The fourth-order valence-corrected chi connectivity index (χ4v) is 2.87. The number of benzene rings is 1. The van der Waals surface area contributed by atoms with Gasteiger partial charge < -0.3 is 24.4 Å². The van der Waals surface area contributed by atoms with Crippen LogP contribution in [0.5, 0.6) is 5.75 Å². The van der Waals surface area contributed by atoms with E-state index >= 15 is 0 Å². The molecule has 2 saturated heterocycles. The number of carboxylic acid groups (broad SMARTS) is 1. The summed E-state index contributed by atoms with van der Waals surface area (Å²) in [4.78, 5) is 21.1. The van der Waals surface area contributed by atoms with E-state index in [0.29, 0.717) is 5.56 Å². The molecule has 2 heterocycles. The van der Waals surface area contributed by atoms with Gasteiger partial charge in [0.15, 0.2) is 0 Å². The third kappa shape index (κ3) is 2.49. The highest BCUT2D eigenvalue weighted by molar-refractivity contribution is 5.63. The van der Waals surface area contributed by atoms with E-state index < -0.39 is 35.3 Å². The normalized spacial score (nSPS) is 30.0. The molecule has 9 nitrogen and oxygen atoms in total. The van der Waals surface area contributed by atoms with Gasteiger partial charge >= 0.3 is 6.16 Å². The molecule has 0 radical (unpaired) electrons. The smallest absolute Gasteiger partial charge is 0.449 e. The summed E-state index contributed by atoms with van der Waals surface area (Å²) in [7, 11) is 0. The Morgan fingerprint density at radius 1 is 1.32 bits per heavy atom. The first-order valence-electron chi connectivity index (χ1n) is 6.57. The molecule has 4 unspecified atom stereocenters. The Labute approximate surface area is 124 Å². The van der Waals surface area contributed by atoms with Crippen LogP contribution in [0.4, 0.5) is 10.5 Å². The lowest BCUT2D eigenvalue weighted by Gasteiger charge is -2.18. The fraction of sp³-hybridized carbons (Fsp3) is 0.462. The lowest BCUT2D eigenvalue weighted by molar-refractivity contribution is -0.385. The first kappa shape index (κ1) is 14.7. The summed E-state index contributed by atoms with van der Waals surface area (Å²) in [6, 6.07) is 3.66. The fourth-order valence-electron chi connectivity index (χ4n) is 2.87. The molecular weight excluding hydrogens is 298 g/mol. The van der Waals surface area contributed by atoms with E-state index in [4.69, 9.17) is 14.6 Å². The van der Waals surface area contributed by atoms with Crippen LogP contribution < -0.4 is 4.74 Å². The standard InChI is InChI=1S/C13H13NO8/c15-9-5-21-11-8(4-20-12(9)11)7-3-6(14(18)19)1-2-10(7)22-13(16)17/h1-3,8-9,11-12,15H,4-5H2,(H,16,17). The first-order chi connectivity index (χ1) is 10.5. The molecule has 0 bridgehead atoms. The van der Waals surface area contributed by atoms with E-state index in [2.05, 4.69) is 4.74 Å². The van der Waals surface area contributed by atoms with Gasteiger partial charge in [0.25, 0.3) is 5.69 Å². The number of nitrogens with zero attached hydrogens (tertiary/aromatic N) is 1. The molecule has 0 aromatic heterocycles. The van der Waals surface area contributed by atoms with Crippen LogP contribution in [0, 0.1) is 10.1 Å². The molecular formula is C13H13NO8. The highest BCUT2D eigenvalue weighted by Gasteiger charge is 2.48. The number of nitro benzene ring substituents is 1. The van der Waals surface area contributed by atoms with Crippen molar-refractivity contribution in [2.75, 3.05) is 13.2 Å². The minimum absolute atomic E-state index is 0.00246. The van der Waals surface area contributed by atoms with Crippen LogP contribution in [0.1, 0.15) is 11.5 Å². The van der Waals surface area contributed by atoms with Gasteiger partial charge in [-0.25, -0.2) is 4.79 Å². The molecule has 9 heteroatoms. The first-order valence-corrected chi connectivity index (χ1v) is 6.57. The molecule has 1 aromatic rings. The maximum Gasteiger partial charge on any atom is 0.511 e. The Hall–Kier alpha value is -2.23. The summed E-state index contributed by atoms with van der Waals surface area (Å²) < 4.78 is 15.6. The van der Waals surface area contributed by atoms with E-state index in [-0.39, 0.29) is 24.7 Å². The third-order valence-corrected chi connectivity index (χ3v) is 3.83. The van der Waals surface area contributed by atoms with Crippen molar-refractivity contribution in [3.05, 3.63) is 33.9 Å². The van der Waals surface area contributed by atoms with Gasteiger partial charge in [0.1, 0.15) is 18.0 Å². The Balaban J connectivity index is 1.98. The number of nitro groups is 1. The Kier molecular flexibility index (Phi) is 3.69. The van der Waals surface area contributed by atoms with Gasteiger partial charge in [-0.3, -0.25) is 10.1 Å². The summed E-state index contributed by atoms with van der Waals surface area (Å²) in [5, 5.41) is 29.4. The Morgan fingerprint density at radius 3 is 2.73 bits per heavy atom.